The molecule has 0 unspecified atom stereocenters. The van der Waals surface area contributed by atoms with E-state index in [9.17, 15) is 4.79 Å². The van der Waals surface area contributed by atoms with Crippen LogP contribution < -0.4 is 0 Å². The Morgan fingerprint density at radius 3 is 2.47 bits per heavy atom. The summed E-state index contributed by atoms with van der Waals surface area (Å²) in [5.41, 5.74) is 1.31. The van der Waals surface area contributed by atoms with Crippen LogP contribution in [0.1, 0.15) is 19.4 Å². The molecule has 1 aromatic rings. The van der Waals surface area contributed by atoms with Gasteiger partial charge in [-0.2, -0.15) is 0 Å². The van der Waals surface area contributed by atoms with Gasteiger partial charge < -0.3 is 4.84 Å². The van der Waals surface area contributed by atoms with E-state index in [2.05, 4.69) is 9.99 Å². The summed E-state index contributed by atoms with van der Waals surface area (Å²) in [4.78, 5) is 15.0. The van der Waals surface area contributed by atoms with Crippen LogP contribution in [-0.2, 0) is 9.63 Å². The number of rotatable bonds is 2. The lowest BCUT2D eigenvalue weighted by molar-refractivity contribution is -0.140. The highest BCUT2D eigenvalue weighted by Crippen LogP contribution is 2.22. The van der Waals surface area contributed by atoms with Gasteiger partial charge in [0.1, 0.15) is 0 Å². The topological polar surface area (TPSA) is 38.7 Å². The maximum Gasteiger partial charge on any atom is 0.331 e. The highest BCUT2D eigenvalue weighted by Gasteiger charge is 2.03. The van der Waals surface area contributed by atoms with E-state index in [-0.39, 0.29) is 0 Å². The second kappa shape index (κ2) is 5.14. The maximum absolute atomic E-state index is 10.5. The molecule has 80 valence electrons. The molecule has 3 nitrogen and oxygen atoms in total. The van der Waals surface area contributed by atoms with Gasteiger partial charge in [0.2, 0.25) is 0 Å². The Balaban J connectivity index is 2.91. The van der Waals surface area contributed by atoms with Crippen molar-refractivity contribution in [3.63, 3.8) is 0 Å². The molecule has 0 bridgehead atoms. The van der Waals surface area contributed by atoms with Gasteiger partial charge >= 0.3 is 5.97 Å². The van der Waals surface area contributed by atoms with E-state index in [0.29, 0.717) is 15.8 Å². The van der Waals surface area contributed by atoms with Crippen LogP contribution in [0.25, 0.3) is 0 Å². The van der Waals surface area contributed by atoms with Crippen LogP contribution in [-0.4, -0.2) is 11.7 Å². The molecule has 0 N–H and O–H groups in total. The normalized spacial score (nSPS) is 11.3. The molecule has 0 aliphatic carbocycles. The van der Waals surface area contributed by atoms with E-state index in [4.69, 9.17) is 23.2 Å². The monoisotopic (exact) mass is 245 g/mol. The van der Waals surface area contributed by atoms with Crippen LogP contribution in [0.2, 0.25) is 10.0 Å². The first-order chi connectivity index (χ1) is 7.00. The van der Waals surface area contributed by atoms with E-state index >= 15 is 0 Å². The molecule has 0 aliphatic rings. The molecular weight excluding hydrogens is 237 g/mol. The van der Waals surface area contributed by atoms with E-state index in [1.165, 1.54) is 6.92 Å². The summed E-state index contributed by atoms with van der Waals surface area (Å²) in [6, 6.07) is 5.06. The Labute approximate surface area is 97.6 Å². The molecule has 0 heterocycles. The summed E-state index contributed by atoms with van der Waals surface area (Å²) < 4.78 is 0. The van der Waals surface area contributed by atoms with Crippen LogP contribution in [0, 0.1) is 0 Å². The minimum atomic E-state index is -0.464. The Morgan fingerprint density at radius 1 is 1.27 bits per heavy atom. The van der Waals surface area contributed by atoms with Gasteiger partial charge in [0, 0.05) is 12.5 Å². The van der Waals surface area contributed by atoms with Crippen LogP contribution in [0.4, 0.5) is 0 Å². The number of nitrogens with zero attached hydrogens (tertiary/aromatic N) is 1. The first-order valence-corrected chi connectivity index (χ1v) is 4.94. The molecule has 0 spiro atoms. The SMILES string of the molecule is CC(=O)O/N=C(\C)c1ccc(Cl)c(Cl)c1. The van der Waals surface area contributed by atoms with Crippen LogP contribution in [0.3, 0.4) is 0 Å². The minimum absolute atomic E-state index is 0.437. The minimum Gasteiger partial charge on any atom is -0.318 e. The van der Waals surface area contributed by atoms with Crippen molar-refractivity contribution in [3.8, 4) is 0 Å². The molecule has 0 aromatic heterocycles. The molecule has 1 rings (SSSR count). The third kappa shape index (κ3) is 3.53. The van der Waals surface area contributed by atoms with Gasteiger partial charge in [-0.05, 0) is 19.1 Å². The standard InChI is InChI=1S/C10H9Cl2NO2/c1-6(13-15-7(2)14)8-3-4-9(11)10(12)5-8/h3-5H,1-2H3/b13-6+. The zero-order valence-corrected chi connectivity index (χ0v) is 9.76. The summed E-state index contributed by atoms with van der Waals surface area (Å²) in [5, 5.41) is 4.54. The van der Waals surface area contributed by atoms with Gasteiger partial charge in [-0.1, -0.05) is 34.4 Å². The third-order valence-corrected chi connectivity index (χ3v) is 2.39. The number of halogens is 2. The zero-order chi connectivity index (χ0) is 11.4. The average molecular weight is 246 g/mol. The van der Waals surface area contributed by atoms with Gasteiger partial charge in [-0.3, -0.25) is 0 Å². The van der Waals surface area contributed by atoms with Crippen molar-refractivity contribution in [2.45, 2.75) is 13.8 Å². The van der Waals surface area contributed by atoms with E-state index in [1.54, 1.807) is 25.1 Å². The number of carbonyl (C=O) groups is 1. The van der Waals surface area contributed by atoms with Gasteiger partial charge in [0.15, 0.2) is 0 Å². The fourth-order valence-electron chi connectivity index (χ4n) is 0.907. The summed E-state index contributed by atoms with van der Waals surface area (Å²) in [6.07, 6.45) is 0. The Hall–Kier alpha value is -1.06. The quantitative estimate of drug-likeness (QED) is 0.456. The molecule has 0 amide bonds. The highest BCUT2D eigenvalue weighted by atomic mass is 35.5. The van der Waals surface area contributed by atoms with Crippen molar-refractivity contribution in [3.05, 3.63) is 33.8 Å². The van der Waals surface area contributed by atoms with Crippen molar-refractivity contribution in [2.24, 2.45) is 5.16 Å². The average Bonchev–Trinajstić information content (AvgIpc) is 2.18. The fourth-order valence-corrected chi connectivity index (χ4v) is 1.20. The smallest absolute Gasteiger partial charge is 0.318 e. The molecule has 0 saturated carbocycles. The summed E-state index contributed by atoms with van der Waals surface area (Å²) in [5.74, 6) is -0.464. The molecule has 0 fully saturated rings. The predicted molar refractivity (Wildman–Crippen MR) is 60.4 cm³/mol. The molecular formula is C10H9Cl2NO2. The second-order valence-electron chi connectivity index (χ2n) is 2.89. The van der Waals surface area contributed by atoms with Gasteiger partial charge in [-0.25, -0.2) is 4.79 Å². The largest absolute Gasteiger partial charge is 0.331 e. The van der Waals surface area contributed by atoms with Crippen molar-refractivity contribution in [2.75, 3.05) is 0 Å². The zero-order valence-electron chi connectivity index (χ0n) is 8.25. The van der Waals surface area contributed by atoms with Gasteiger partial charge in [0.05, 0.1) is 15.8 Å². The molecule has 0 atom stereocenters. The van der Waals surface area contributed by atoms with Gasteiger partial charge in [0.25, 0.3) is 0 Å². The van der Waals surface area contributed by atoms with E-state index in [0.717, 1.165) is 5.56 Å². The maximum atomic E-state index is 10.5. The number of hydrogen-bond acceptors (Lipinski definition) is 3. The van der Waals surface area contributed by atoms with E-state index < -0.39 is 5.97 Å². The van der Waals surface area contributed by atoms with Gasteiger partial charge in [-0.15, -0.1) is 0 Å². The lowest BCUT2D eigenvalue weighted by Gasteiger charge is -2.01. The lowest BCUT2D eigenvalue weighted by atomic mass is 10.1. The molecule has 1 aromatic carbocycles. The van der Waals surface area contributed by atoms with E-state index in [1.807, 2.05) is 0 Å². The molecule has 0 aliphatic heterocycles. The summed E-state index contributed by atoms with van der Waals surface area (Å²) in [7, 11) is 0. The predicted octanol–water partition coefficient (Wildman–Crippen LogP) is 3.28. The summed E-state index contributed by atoms with van der Waals surface area (Å²) in [6.45, 7) is 2.99. The number of oxime groups is 1. The van der Waals surface area contributed by atoms with Crippen molar-refractivity contribution >= 4 is 34.9 Å². The number of benzene rings is 1. The Kier molecular flexibility index (Phi) is 4.12. The first-order valence-electron chi connectivity index (χ1n) is 4.18. The summed E-state index contributed by atoms with van der Waals surface area (Å²) >= 11 is 11.6. The van der Waals surface area contributed by atoms with Crippen molar-refractivity contribution in [1.29, 1.82) is 0 Å². The number of carbonyl (C=O) groups excluding carboxylic acids is 1. The van der Waals surface area contributed by atoms with Crippen molar-refractivity contribution < 1.29 is 9.63 Å². The number of hydrogen-bond donors (Lipinski definition) is 0. The molecule has 0 saturated heterocycles. The molecule has 15 heavy (non-hydrogen) atoms. The van der Waals surface area contributed by atoms with Crippen LogP contribution in [0.5, 0.6) is 0 Å². The third-order valence-electron chi connectivity index (χ3n) is 1.65. The first kappa shape index (κ1) is 12.0. The lowest BCUT2D eigenvalue weighted by Crippen LogP contribution is -1.99. The second-order valence-corrected chi connectivity index (χ2v) is 3.70. The Morgan fingerprint density at radius 2 is 1.93 bits per heavy atom. The van der Waals surface area contributed by atoms with Crippen molar-refractivity contribution in [1.82, 2.24) is 0 Å². The molecule has 0 radical (unpaired) electrons. The Bertz CT molecular complexity index is 416. The van der Waals surface area contributed by atoms with Crippen LogP contribution in [0.15, 0.2) is 23.4 Å². The fraction of sp³-hybridized carbons (Fsp3) is 0.200. The van der Waals surface area contributed by atoms with Crippen LogP contribution >= 0.6 is 23.2 Å². The highest BCUT2D eigenvalue weighted by molar-refractivity contribution is 6.42. The molecule has 5 heteroatoms.